The van der Waals surface area contributed by atoms with Crippen LogP contribution in [0.1, 0.15) is 296 Å². The van der Waals surface area contributed by atoms with E-state index in [2.05, 4.69) is 206 Å². The van der Waals surface area contributed by atoms with Crippen molar-refractivity contribution < 1.29 is 25.4 Å². The Labute approximate surface area is 847 Å². The van der Waals surface area contributed by atoms with Crippen LogP contribution in [-0.2, 0) is 54.1 Å². The molecule has 0 aromatic heterocycles. The third-order valence-corrected chi connectivity index (χ3v) is 22.7. The van der Waals surface area contributed by atoms with E-state index in [1.165, 1.54) is 11.1 Å². The maximum absolute atomic E-state index is 9.79. The quantitative estimate of drug-likeness (QED) is 0.0682. The highest BCUT2D eigenvalue weighted by atomic mass is 127. The second kappa shape index (κ2) is 43.5. The zero-order valence-corrected chi connectivity index (χ0v) is 89.9. The van der Waals surface area contributed by atoms with Gasteiger partial charge in [-0.05, 0) is 279 Å². The highest BCUT2D eigenvalue weighted by Gasteiger charge is 2.31. The molecule has 127 heavy (non-hydrogen) atoms. The van der Waals surface area contributed by atoms with Crippen molar-refractivity contribution in [3.8, 4) is 11.1 Å². The summed E-state index contributed by atoms with van der Waals surface area (Å²) in [7, 11) is 0. The van der Waals surface area contributed by atoms with Crippen LogP contribution in [-0.4, -0.2) is 8.37 Å². The van der Waals surface area contributed by atoms with Gasteiger partial charge in [-0.15, -0.1) is 0 Å². The molecule has 12 rings (SSSR count). The van der Waals surface area contributed by atoms with Gasteiger partial charge in [0.25, 0.3) is 0 Å². The number of anilines is 12. The van der Waals surface area contributed by atoms with E-state index >= 15 is 0 Å². The molecule has 0 aliphatic rings. The number of nitrogens with zero attached hydrogens (tertiary/aromatic N) is 4. The van der Waals surface area contributed by atoms with Crippen LogP contribution in [0.25, 0.3) is 11.1 Å². The van der Waals surface area contributed by atoms with Gasteiger partial charge in [0.05, 0.1) is 59.7 Å². The van der Waals surface area contributed by atoms with Gasteiger partial charge in [0, 0.05) is 73.9 Å². The Morgan fingerprint density at radius 3 is 0.701 bits per heavy atom. The fraction of sp³-hybridized carbons (Fsp3) is 0.374. The maximum atomic E-state index is 9.79. The summed E-state index contributed by atoms with van der Waals surface area (Å²) in [6, 6.07) is 51.8. The summed E-state index contributed by atoms with van der Waals surface area (Å²) in [4.78, 5) is 8.93. The molecule has 0 spiro atoms. The number of halogens is 6. The molecule has 0 aliphatic carbocycles. The lowest BCUT2D eigenvalue weighted by Gasteiger charge is -2.34. The lowest BCUT2D eigenvalue weighted by Crippen LogP contribution is -2.18. The summed E-state index contributed by atoms with van der Waals surface area (Å²) < 4.78 is 158. The molecule has 0 heterocycles. The Morgan fingerprint density at radius 2 is 0.441 bits per heavy atom. The van der Waals surface area contributed by atoms with Crippen LogP contribution in [0, 0.1) is 13.8 Å². The predicted octanol–water partition coefficient (Wildman–Crippen LogP) is 37.8. The van der Waals surface area contributed by atoms with Crippen LogP contribution < -0.4 is 23.5 Å². The Hall–Kier alpha value is -7.18. The molecule has 6 nitrogen and oxygen atoms in total. The number of benzene rings is 12. The summed E-state index contributed by atoms with van der Waals surface area (Å²) in [6.45, 7) is 65.1. The summed E-state index contributed by atoms with van der Waals surface area (Å²) in [6.07, 6.45) is 0. The molecule has 0 bridgehead atoms. The van der Waals surface area contributed by atoms with Crippen LogP contribution in [0.5, 0.6) is 0 Å². The summed E-state index contributed by atoms with van der Waals surface area (Å²) in [5.41, 5.74) is 13.2. The number of hydrogen-bond acceptors (Lipinski definition) is 6. The van der Waals surface area contributed by atoms with Gasteiger partial charge in [0.1, 0.15) is 23.0 Å². The van der Waals surface area contributed by atoms with E-state index in [4.69, 9.17) is 49.2 Å². The Balaban J connectivity index is 0.000000311. The molecular weight excluding hydrogens is 1950 g/mol. The van der Waals surface area contributed by atoms with Gasteiger partial charge in [-0.2, -0.15) is 0 Å². The van der Waals surface area contributed by atoms with E-state index in [1.54, 1.807) is 43.6 Å². The van der Waals surface area contributed by atoms with E-state index in [1.807, 2.05) is 210 Å². The van der Waals surface area contributed by atoms with E-state index in [-0.39, 0.29) is 162 Å². The molecule has 0 amide bonds. The van der Waals surface area contributed by atoms with Crippen LogP contribution >= 0.6 is 103 Å². The van der Waals surface area contributed by atoms with Crippen molar-refractivity contribution in [1.29, 1.82) is 0 Å². The molecule has 0 atom stereocenters. The molecular formula is C115H145Cl3I3N5O. The Kier molecular flexibility index (Phi) is 28.8. The minimum Gasteiger partial charge on any atom is -0.331 e. The molecule has 3 N–H and O–H groups in total. The number of nitrogens with two attached hydrogens (primary N) is 1. The molecule has 0 radical (unpaired) electrons. The molecule has 0 fully saturated rings. The molecule has 12 aromatic rings. The standard InChI is InChI=1S/C57H69ClN2.C30H39N.C27H31Cl2N.CH3I.H2IN.HIO/c1-38-35-50(59(45-28-21-41(22-29-45)54(5,6)7)46-30-23-42(24-31-46)55(8,9)10)52(58)51(36-38)60(47-32-25-43(26-33-47)56(11,12)13)49-34-27-44(57(14,15)16)37-48(49)39-17-19-40(20-18-39)53(2,3)4;1-28(2,3)22-10-16-25(17-11-22)31(26-18-12-23(13-19-26)29(4,5)6)27-20-14-24(15-21-27)30(7,8)9;1-18-16-23(28)25(29)24(17-18)30(21-12-8-19(9-13-21)26(2,3)4)22-14-10-20(11-15-22)27(5,6)7;3*1-2/h17-37H,1-16H3;10-21H,1-9H3;8-17H,1-7H3;1H3;2H2;2H/i21D,22D,25D,26D,28D,29D,32D,33D;10D,11D,16D,17D;8D,9D,12D,13D;;;. The number of aryl methyl sites for hydroxylation is 2. The number of hydrogen-bond donors (Lipinski definition) is 2. The van der Waals surface area contributed by atoms with Crippen LogP contribution in [0.2, 0.25) is 15.1 Å². The van der Waals surface area contributed by atoms with Crippen molar-refractivity contribution in [2.75, 3.05) is 24.5 Å². The Bertz CT molecular complexity index is 6400. The first kappa shape index (κ1) is 84.1. The summed E-state index contributed by atoms with van der Waals surface area (Å²) in [5.74, 6) is 0. The zero-order valence-electron chi connectivity index (χ0n) is 97.2. The van der Waals surface area contributed by atoms with Gasteiger partial charge in [-0.1, -0.05) is 392 Å². The van der Waals surface area contributed by atoms with Gasteiger partial charge in [0.15, 0.2) is 0 Å². The molecule has 0 aliphatic heterocycles. The highest BCUT2D eigenvalue weighted by Crippen LogP contribution is 2.52. The van der Waals surface area contributed by atoms with E-state index in [0.29, 0.717) is 67.0 Å². The number of rotatable bonds is 13. The first-order chi connectivity index (χ1) is 65.6. The molecule has 678 valence electrons. The summed E-state index contributed by atoms with van der Waals surface area (Å²) in [5, 5.41) is 0.761. The second-order valence-electron chi connectivity index (χ2n) is 42.4. The first-order valence-corrected chi connectivity index (χ1v) is 48.4. The van der Waals surface area contributed by atoms with Crippen LogP contribution in [0.3, 0.4) is 0 Å². The predicted molar refractivity (Wildman–Crippen MR) is 589 cm³/mol. The summed E-state index contributed by atoms with van der Waals surface area (Å²) >= 11 is 25.9. The van der Waals surface area contributed by atoms with Gasteiger partial charge in [-0.3, -0.25) is 3.95 Å². The van der Waals surface area contributed by atoms with E-state index in [9.17, 15) is 11.0 Å². The van der Waals surface area contributed by atoms with Crippen LogP contribution in [0.4, 0.5) is 68.2 Å². The van der Waals surface area contributed by atoms with Crippen LogP contribution in [0.15, 0.2) is 260 Å². The van der Waals surface area contributed by atoms with Crippen molar-refractivity contribution in [3.63, 3.8) is 0 Å². The second-order valence-corrected chi connectivity index (χ2v) is 43.6. The van der Waals surface area contributed by atoms with Gasteiger partial charge >= 0.3 is 0 Å². The van der Waals surface area contributed by atoms with Gasteiger partial charge in [-0.25, -0.2) is 0 Å². The van der Waals surface area contributed by atoms with Crippen molar-refractivity contribution in [1.82, 2.24) is 0 Å². The van der Waals surface area contributed by atoms with Crippen molar-refractivity contribution in [2.45, 2.75) is 276 Å². The molecule has 12 heteroatoms. The average molecular weight is 2120 g/mol. The SMILES string of the molecule is CI.NI.OI.[2H]c1c([2H])c(C(C)(C)C)c([2H])c([2H])c1N(c1ccc(C(C)(C)C)cc1)c1cc(C)cc(Cl)c1Cl.[2H]c1c([2H])c(C(C)(C)C)c([2H])c([2H])c1N(c1ccc(C(C)(C)C)cc1)c1cc(C)cc(N(c2ccc(C(C)(C)C)cc2-c2ccc(C(C)(C)C)cc2)c2c([2H])c([2H])c(C(C)(C)C)c([2H])c2[2H])c1Cl.[2H]c1c([2H])c(C(C)(C)C)c([2H])c([2H])c1N(c1ccc(C(C)(C)C)cc1)c1ccc(C(C)(C)C)cc1. The van der Waals surface area contributed by atoms with Crippen molar-refractivity contribution in [3.05, 3.63) is 342 Å². The normalized spacial score (nSPS) is 13.9. The lowest BCUT2D eigenvalue weighted by atomic mass is 9.83. The van der Waals surface area contributed by atoms with Crippen molar-refractivity contribution >= 4 is 172 Å². The molecule has 0 unspecified atom stereocenters. The topological polar surface area (TPSA) is 59.2 Å². The first-order valence-electron chi connectivity index (χ1n) is 50.9. The van der Waals surface area contributed by atoms with Crippen molar-refractivity contribution in [2.24, 2.45) is 3.95 Å². The third-order valence-electron chi connectivity index (χ3n) is 21.5. The fourth-order valence-corrected chi connectivity index (χ4v) is 14.4. The molecule has 0 saturated carbocycles. The van der Waals surface area contributed by atoms with Gasteiger partial charge in [0.2, 0.25) is 0 Å². The van der Waals surface area contributed by atoms with E-state index < -0.39 is 21.7 Å². The zero-order chi connectivity index (χ0) is 109. The molecule has 0 saturated heterocycles. The maximum Gasteiger partial charge on any atom is 0.106 e. The minimum atomic E-state index is -0.716. The number of alkyl halides is 1. The molecule has 12 aromatic carbocycles. The fourth-order valence-electron chi connectivity index (χ4n) is 13.7. The lowest BCUT2D eigenvalue weighted by molar-refractivity contribution is 0.589. The Morgan fingerprint density at radius 1 is 0.236 bits per heavy atom. The van der Waals surface area contributed by atoms with Gasteiger partial charge < -0.3 is 23.0 Å². The minimum absolute atomic E-state index is 0.00220. The average Bonchev–Trinajstić information content (AvgIpc) is 0.718. The highest BCUT2D eigenvalue weighted by molar-refractivity contribution is 14.1. The largest absolute Gasteiger partial charge is 0.331 e. The van der Waals surface area contributed by atoms with E-state index in [0.717, 1.165) is 73.3 Å². The monoisotopic (exact) mass is 2110 g/mol. The third kappa shape index (κ3) is 28.2. The smallest absolute Gasteiger partial charge is 0.106 e.